The molecule has 2 atom stereocenters. The van der Waals surface area contributed by atoms with Crippen LogP contribution in [-0.4, -0.2) is 18.5 Å². The maximum absolute atomic E-state index is 12.3. The number of hydrogen-bond acceptors (Lipinski definition) is 1. The maximum atomic E-state index is 12.3. The third-order valence-corrected chi connectivity index (χ3v) is 1.93. The SMILES string of the molecule is FC1(F)CNC2CC21. The van der Waals surface area contributed by atoms with Gasteiger partial charge in [-0.05, 0) is 6.42 Å². The van der Waals surface area contributed by atoms with Gasteiger partial charge in [0.15, 0.2) is 0 Å². The van der Waals surface area contributed by atoms with E-state index in [1.165, 1.54) is 0 Å². The van der Waals surface area contributed by atoms with Gasteiger partial charge in [-0.15, -0.1) is 0 Å². The van der Waals surface area contributed by atoms with Gasteiger partial charge >= 0.3 is 0 Å². The Bertz CT molecular complexity index is 124. The van der Waals surface area contributed by atoms with E-state index in [2.05, 4.69) is 5.32 Å². The summed E-state index contributed by atoms with van der Waals surface area (Å²) in [6, 6.07) is 0.157. The third kappa shape index (κ3) is 0.426. The van der Waals surface area contributed by atoms with Crippen LogP contribution < -0.4 is 5.32 Å². The molecule has 0 aromatic heterocycles. The fourth-order valence-electron chi connectivity index (χ4n) is 1.29. The van der Waals surface area contributed by atoms with E-state index in [0.29, 0.717) is 6.42 Å². The Labute approximate surface area is 46.1 Å². The Hall–Kier alpha value is -0.180. The number of piperidine rings is 1. The predicted molar refractivity (Wildman–Crippen MR) is 24.8 cm³/mol. The van der Waals surface area contributed by atoms with Gasteiger partial charge in [0.2, 0.25) is 0 Å². The molecule has 1 saturated carbocycles. The molecule has 1 heterocycles. The van der Waals surface area contributed by atoms with E-state index in [0.717, 1.165) is 0 Å². The van der Waals surface area contributed by atoms with Crippen molar-refractivity contribution in [2.75, 3.05) is 6.54 Å². The first-order chi connectivity index (χ1) is 3.70. The van der Waals surface area contributed by atoms with E-state index in [1.54, 1.807) is 0 Å². The first kappa shape index (κ1) is 4.68. The van der Waals surface area contributed by atoms with Gasteiger partial charge in [0.25, 0.3) is 5.92 Å². The molecule has 0 aromatic rings. The quantitative estimate of drug-likeness (QED) is 0.492. The second kappa shape index (κ2) is 1.05. The van der Waals surface area contributed by atoms with Crippen LogP contribution in [0.3, 0.4) is 0 Å². The lowest BCUT2D eigenvalue weighted by Gasteiger charge is -2.07. The lowest BCUT2D eigenvalue weighted by atomic mass is 10.2. The van der Waals surface area contributed by atoms with Crippen molar-refractivity contribution in [1.29, 1.82) is 0 Å². The molecule has 8 heavy (non-hydrogen) atoms. The number of rotatable bonds is 0. The van der Waals surface area contributed by atoms with Crippen LogP contribution in [-0.2, 0) is 0 Å². The summed E-state index contributed by atoms with van der Waals surface area (Å²) < 4.78 is 24.6. The molecule has 1 aliphatic carbocycles. The van der Waals surface area contributed by atoms with Crippen molar-refractivity contribution in [3.05, 3.63) is 0 Å². The summed E-state index contributed by atoms with van der Waals surface area (Å²) in [6.45, 7) is -0.0949. The van der Waals surface area contributed by atoms with E-state index in [4.69, 9.17) is 0 Å². The molecule has 0 radical (unpaired) electrons. The summed E-state index contributed by atoms with van der Waals surface area (Å²) in [5.74, 6) is -2.70. The van der Waals surface area contributed by atoms with Gasteiger partial charge in [-0.1, -0.05) is 0 Å². The highest BCUT2D eigenvalue weighted by molar-refractivity contribution is 5.08. The summed E-state index contributed by atoms with van der Waals surface area (Å²) in [6.07, 6.45) is 0.688. The van der Waals surface area contributed by atoms with Gasteiger partial charge in [-0.25, -0.2) is 8.78 Å². The Kier molecular flexibility index (Phi) is 0.615. The standard InChI is InChI=1S/C5H7F2N/c6-5(7)2-8-4-1-3(4)5/h3-4,8H,1-2H2. The molecule has 0 aromatic carbocycles. The van der Waals surface area contributed by atoms with Gasteiger partial charge in [0.1, 0.15) is 0 Å². The van der Waals surface area contributed by atoms with Gasteiger partial charge < -0.3 is 5.32 Å². The molecule has 2 unspecified atom stereocenters. The Morgan fingerprint density at radius 2 is 2.25 bits per heavy atom. The molecule has 2 rings (SSSR count). The van der Waals surface area contributed by atoms with Gasteiger partial charge in [0.05, 0.1) is 6.54 Å². The van der Waals surface area contributed by atoms with Crippen molar-refractivity contribution < 1.29 is 8.78 Å². The monoisotopic (exact) mass is 119 g/mol. The number of fused-ring (bicyclic) bond motifs is 1. The summed E-state index contributed by atoms with van der Waals surface area (Å²) in [5.41, 5.74) is 0. The summed E-state index contributed by atoms with van der Waals surface area (Å²) in [4.78, 5) is 0. The zero-order chi connectivity index (χ0) is 5.78. The average molecular weight is 119 g/mol. The highest BCUT2D eigenvalue weighted by atomic mass is 19.3. The van der Waals surface area contributed by atoms with Gasteiger partial charge in [0, 0.05) is 12.0 Å². The molecule has 1 nitrogen and oxygen atoms in total. The van der Waals surface area contributed by atoms with Crippen molar-refractivity contribution in [3.63, 3.8) is 0 Å². The largest absolute Gasteiger partial charge is 0.308 e. The first-order valence-electron chi connectivity index (χ1n) is 2.81. The zero-order valence-electron chi connectivity index (χ0n) is 4.32. The third-order valence-electron chi connectivity index (χ3n) is 1.93. The van der Waals surface area contributed by atoms with Crippen LogP contribution >= 0.6 is 0 Å². The van der Waals surface area contributed by atoms with Crippen LogP contribution in [0.4, 0.5) is 8.78 Å². The van der Waals surface area contributed by atoms with E-state index in [-0.39, 0.29) is 18.5 Å². The summed E-state index contributed by atoms with van der Waals surface area (Å²) in [7, 11) is 0. The first-order valence-corrected chi connectivity index (χ1v) is 2.81. The van der Waals surface area contributed by atoms with Gasteiger partial charge in [-0.3, -0.25) is 0 Å². The number of nitrogens with one attached hydrogen (secondary N) is 1. The van der Waals surface area contributed by atoms with E-state index in [1.807, 2.05) is 0 Å². The number of alkyl halides is 2. The topological polar surface area (TPSA) is 12.0 Å². The Morgan fingerprint density at radius 3 is 2.38 bits per heavy atom. The number of halogens is 2. The lowest BCUT2D eigenvalue weighted by molar-refractivity contribution is -0.000992. The van der Waals surface area contributed by atoms with Crippen molar-refractivity contribution in [1.82, 2.24) is 5.32 Å². The minimum atomic E-state index is -2.38. The molecule has 2 aliphatic rings. The van der Waals surface area contributed by atoms with Crippen molar-refractivity contribution in [2.45, 2.75) is 18.4 Å². The Morgan fingerprint density at radius 1 is 1.50 bits per heavy atom. The van der Waals surface area contributed by atoms with Crippen LogP contribution in [0.25, 0.3) is 0 Å². The summed E-state index contributed by atoms with van der Waals surface area (Å²) in [5, 5.41) is 2.73. The Balaban J connectivity index is 2.17. The van der Waals surface area contributed by atoms with Crippen LogP contribution in [0.5, 0.6) is 0 Å². The molecule has 1 saturated heterocycles. The van der Waals surface area contributed by atoms with Crippen LogP contribution in [0.1, 0.15) is 6.42 Å². The molecule has 2 fully saturated rings. The highest BCUT2D eigenvalue weighted by Crippen LogP contribution is 2.47. The average Bonchev–Trinajstić information content (AvgIpc) is 2.34. The minimum Gasteiger partial charge on any atom is -0.308 e. The normalized spacial score (nSPS) is 48.8. The molecule has 1 aliphatic heterocycles. The van der Waals surface area contributed by atoms with Gasteiger partial charge in [-0.2, -0.15) is 0 Å². The molecule has 1 N–H and O–H groups in total. The zero-order valence-corrected chi connectivity index (χ0v) is 4.32. The van der Waals surface area contributed by atoms with Crippen LogP contribution in [0.2, 0.25) is 0 Å². The van der Waals surface area contributed by atoms with E-state index in [9.17, 15) is 8.78 Å². The highest BCUT2D eigenvalue weighted by Gasteiger charge is 2.59. The van der Waals surface area contributed by atoms with Crippen molar-refractivity contribution in [3.8, 4) is 0 Å². The molecule has 0 bridgehead atoms. The molecule has 0 amide bonds. The number of hydrogen-bond donors (Lipinski definition) is 1. The molecule has 46 valence electrons. The minimum absolute atomic E-state index is 0.0949. The summed E-state index contributed by atoms with van der Waals surface area (Å²) >= 11 is 0. The van der Waals surface area contributed by atoms with Crippen LogP contribution in [0.15, 0.2) is 0 Å². The second-order valence-electron chi connectivity index (χ2n) is 2.59. The van der Waals surface area contributed by atoms with E-state index >= 15 is 0 Å². The van der Waals surface area contributed by atoms with Crippen molar-refractivity contribution >= 4 is 0 Å². The smallest absolute Gasteiger partial charge is 0.264 e. The second-order valence-corrected chi connectivity index (χ2v) is 2.59. The fraction of sp³-hybridized carbons (Fsp3) is 1.00. The lowest BCUT2D eigenvalue weighted by Crippen LogP contribution is -2.25. The van der Waals surface area contributed by atoms with Crippen LogP contribution in [0, 0.1) is 5.92 Å². The molecule has 3 heteroatoms. The predicted octanol–water partition coefficient (Wildman–Crippen LogP) is 0.613. The van der Waals surface area contributed by atoms with E-state index < -0.39 is 5.92 Å². The molecular formula is C5H7F2N. The fourth-order valence-corrected chi connectivity index (χ4v) is 1.29. The van der Waals surface area contributed by atoms with Crippen molar-refractivity contribution in [2.24, 2.45) is 5.92 Å². The maximum Gasteiger partial charge on any atom is 0.264 e. The molecule has 0 spiro atoms. The molecular weight excluding hydrogens is 112 g/mol.